The maximum absolute atomic E-state index is 11.1. The summed E-state index contributed by atoms with van der Waals surface area (Å²) < 4.78 is 11.2. The summed E-state index contributed by atoms with van der Waals surface area (Å²) in [5, 5.41) is 9.47. The first-order valence-corrected chi connectivity index (χ1v) is 6.51. The third-order valence-corrected chi connectivity index (χ3v) is 3.56. The van der Waals surface area contributed by atoms with Crippen molar-refractivity contribution in [1.82, 2.24) is 4.90 Å². The van der Waals surface area contributed by atoms with E-state index in [1.807, 2.05) is 18.2 Å². The summed E-state index contributed by atoms with van der Waals surface area (Å²) in [6.45, 7) is 2.83. The molecule has 1 fully saturated rings. The average Bonchev–Trinajstić information content (AvgIpc) is 2.32. The summed E-state index contributed by atoms with van der Waals surface area (Å²) in [6.07, 6.45) is 1.50. The van der Waals surface area contributed by atoms with E-state index in [-0.39, 0.29) is 12.0 Å². The number of hydrogen-bond donors (Lipinski definition) is 1. The highest BCUT2D eigenvalue weighted by atomic mass is 16.5. The van der Waals surface area contributed by atoms with Crippen molar-refractivity contribution in [3.8, 4) is 11.5 Å². The number of likely N-dealkylation sites (tertiary alicyclic amines) is 1. The third-order valence-electron chi connectivity index (χ3n) is 3.56. The Balaban J connectivity index is 1.63. The van der Waals surface area contributed by atoms with E-state index in [9.17, 15) is 9.82 Å². The first-order valence-electron chi connectivity index (χ1n) is 6.51. The zero-order valence-corrected chi connectivity index (χ0v) is 10.8. The van der Waals surface area contributed by atoms with Gasteiger partial charge in [0.25, 0.3) is 0 Å². The predicted molar refractivity (Wildman–Crippen MR) is 70.2 cm³/mol. The van der Waals surface area contributed by atoms with E-state index in [1.54, 1.807) is 11.8 Å². The van der Waals surface area contributed by atoms with Crippen LogP contribution in [0.4, 0.5) is 0 Å². The molecule has 0 spiro atoms. The number of hydrogen-bond acceptors (Lipinski definition) is 4. The SMILES string of the molecule is CC(=O)N1CC(Oc2ccc3c(c2)OB(O)CC3)C1. The van der Waals surface area contributed by atoms with Crippen molar-refractivity contribution in [3.05, 3.63) is 23.8 Å². The number of aryl methyl sites for hydroxylation is 1. The van der Waals surface area contributed by atoms with Crippen molar-refractivity contribution in [2.24, 2.45) is 0 Å². The molecule has 1 aromatic rings. The molecule has 1 N–H and O–H groups in total. The highest BCUT2D eigenvalue weighted by molar-refractivity contribution is 6.44. The number of fused-ring (bicyclic) bond motifs is 1. The number of amides is 1. The Bertz CT molecular complexity index is 501. The molecule has 1 aromatic carbocycles. The smallest absolute Gasteiger partial charge is 0.522 e. The molecule has 0 bridgehead atoms. The highest BCUT2D eigenvalue weighted by Gasteiger charge is 2.30. The molecule has 2 aliphatic heterocycles. The molecule has 0 aliphatic carbocycles. The van der Waals surface area contributed by atoms with Gasteiger partial charge in [0.05, 0.1) is 13.1 Å². The molecular formula is C13H16BNO4. The van der Waals surface area contributed by atoms with Crippen LogP contribution in [-0.4, -0.2) is 42.1 Å². The summed E-state index contributed by atoms with van der Waals surface area (Å²) in [6, 6.07) is 5.70. The predicted octanol–water partition coefficient (Wildman–Crippen LogP) is 0.712. The van der Waals surface area contributed by atoms with Gasteiger partial charge in [0.1, 0.15) is 17.6 Å². The molecule has 100 valence electrons. The number of carbonyl (C=O) groups excluding carboxylic acids is 1. The van der Waals surface area contributed by atoms with Crippen LogP contribution in [0.5, 0.6) is 11.5 Å². The first-order chi connectivity index (χ1) is 9.11. The molecule has 0 saturated carbocycles. The molecule has 0 aromatic heterocycles. The van der Waals surface area contributed by atoms with Gasteiger partial charge in [-0.1, -0.05) is 6.07 Å². The lowest BCUT2D eigenvalue weighted by Gasteiger charge is -2.38. The van der Waals surface area contributed by atoms with Crippen LogP contribution < -0.4 is 9.39 Å². The number of benzene rings is 1. The third kappa shape index (κ3) is 2.54. The van der Waals surface area contributed by atoms with Crippen LogP contribution in [0.3, 0.4) is 0 Å². The van der Waals surface area contributed by atoms with Crippen LogP contribution >= 0.6 is 0 Å². The summed E-state index contributed by atoms with van der Waals surface area (Å²) in [5.74, 6) is 1.50. The topological polar surface area (TPSA) is 59.0 Å². The van der Waals surface area contributed by atoms with Gasteiger partial charge in [-0.15, -0.1) is 0 Å². The molecule has 0 unspecified atom stereocenters. The van der Waals surface area contributed by atoms with Crippen LogP contribution in [0.1, 0.15) is 12.5 Å². The minimum Gasteiger partial charge on any atom is -0.536 e. The second kappa shape index (κ2) is 4.77. The summed E-state index contributed by atoms with van der Waals surface area (Å²) >= 11 is 0. The number of ether oxygens (including phenoxy) is 1. The van der Waals surface area contributed by atoms with Crippen molar-refractivity contribution in [2.45, 2.75) is 25.8 Å². The van der Waals surface area contributed by atoms with Crippen molar-refractivity contribution in [2.75, 3.05) is 13.1 Å². The molecular weight excluding hydrogens is 245 g/mol. The Morgan fingerprint density at radius 1 is 1.53 bits per heavy atom. The van der Waals surface area contributed by atoms with Gasteiger partial charge in [-0.2, -0.15) is 0 Å². The normalized spacial score (nSPS) is 18.4. The molecule has 3 rings (SSSR count). The largest absolute Gasteiger partial charge is 0.536 e. The highest BCUT2D eigenvalue weighted by Crippen LogP contribution is 2.31. The van der Waals surface area contributed by atoms with Crippen molar-refractivity contribution >= 4 is 13.0 Å². The monoisotopic (exact) mass is 261 g/mol. The number of nitrogens with zero attached hydrogens (tertiary/aromatic N) is 1. The number of rotatable bonds is 2. The van der Waals surface area contributed by atoms with Gasteiger partial charge in [0.15, 0.2) is 0 Å². The maximum Gasteiger partial charge on any atom is 0.522 e. The lowest BCUT2D eigenvalue weighted by Crippen LogP contribution is -2.55. The van der Waals surface area contributed by atoms with Gasteiger partial charge in [0.2, 0.25) is 5.91 Å². The van der Waals surface area contributed by atoms with E-state index in [0.29, 0.717) is 25.2 Å². The standard InChI is InChI=1S/C13H16BNO4/c1-9(16)15-7-12(8-15)18-11-3-2-10-4-5-14(17)19-13(10)6-11/h2-3,6,12,17H,4-5,7-8H2,1H3. The van der Waals surface area contributed by atoms with E-state index in [2.05, 4.69) is 0 Å². The van der Waals surface area contributed by atoms with E-state index >= 15 is 0 Å². The maximum atomic E-state index is 11.1. The molecule has 6 heteroatoms. The second-order valence-electron chi connectivity index (χ2n) is 5.04. The van der Waals surface area contributed by atoms with Gasteiger partial charge in [-0.25, -0.2) is 0 Å². The van der Waals surface area contributed by atoms with Crippen molar-refractivity contribution < 1.29 is 19.2 Å². The molecule has 1 saturated heterocycles. The summed E-state index contributed by atoms with van der Waals surface area (Å²) in [7, 11) is -0.723. The van der Waals surface area contributed by atoms with Crippen LogP contribution in [-0.2, 0) is 11.2 Å². The average molecular weight is 261 g/mol. The summed E-state index contributed by atoms with van der Waals surface area (Å²) in [5.41, 5.74) is 1.09. The fourth-order valence-corrected chi connectivity index (χ4v) is 2.37. The first kappa shape index (κ1) is 12.4. The summed E-state index contributed by atoms with van der Waals surface area (Å²) in [4.78, 5) is 12.8. The van der Waals surface area contributed by atoms with Gasteiger partial charge in [0, 0.05) is 13.0 Å². The molecule has 19 heavy (non-hydrogen) atoms. The minimum atomic E-state index is -0.723. The number of carbonyl (C=O) groups is 1. The Labute approximate surface area is 112 Å². The van der Waals surface area contributed by atoms with Crippen LogP contribution in [0.2, 0.25) is 6.32 Å². The Kier molecular flexibility index (Phi) is 3.10. The second-order valence-corrected chi connectivity index (χ2v) is 5.04. The van der Waals surface area contributed by atoms with E-state index in [4.69, 9.17) is 9.39 Å². The van der Waals surface area contributed by atoms with Gasteiger partial charge < -0.3 is 19.3 Å². The zero-order valence-electron chi connectivity index (χ0n) is 10.8. The fraction of sp³-hybridized carbons (Fsp3) is 0.462. The van der Waals surface area contributed by atoms with Crippen molar-refractivity contribution in [3.63, 3.8) is 0 Å². The van der Waals surface area contributed by atoms with E-state index < -0.39 is 7.12 Å². The van der Waals surface area contributed by atoms with E-state index in [0.717, 1.165) is 17.7 Å². The van der Waals surface area contributed by atoms with E-state index in [1.165, 1.54) is 0 Å². The Morgan fingerprint density at radius 3 is 3.05 bits per heavy atom. The molecule has 1 amide bonds. The Morgan fingerprint density at radius 2 is 2.32 bits per heavy atom. The lowest BCUT2D eigenvalue weighted by molar-refractivity contribution is -0.137. The quantitative estimate of drug-likeness (QED) is 0.796. The Hall–Kier alpha value is -1.69. The minimum absolute atomic E-state index is 0.0514. The molecule has 5 nitrogen and oxygen atoms in total. The lowest BCUT2D eigenvalue weighted by atomic mass is 9.79. The van der Waals surface area contributed by atoms with Crippen LogP contribution in [0.25, 0.3) is 0 Å². The molecule has 2 heterocycles. The fourth-order valence-electron chi connectivity index (χ4n) is 2.37. The van der Waals surface area contributed by atoms with Gasteiger partial charge in [-0.05, 0) is 24.4 Å². The molecule has 2 aliphatic rings. The molecule has 0 radical (unpaired) electrons. The van der Waals surface area contributed by atoms with Gasteiger partial charge in [-0.3, -0.25) is 4.79 Å². The van der Waals surface area contributed by atoms with Crippen molar-refractivity contribution in [1.29, 1.82) is 0 Å². The zero-order chi connectivity index (χ0) is 13.4. The van der Waals surface area contributed by atoms with Crippen LogP contribution in [0.15, 0.2) is 18.2 Å². The molecule has 0 atom stereocenters. The van der Waals surface area contributed by atoms with Gasteiger partial charge >= 0.3 is 7.12 Å². The van der Waals surface area contributed by atoms with Crippen LogP contribution in [0, 0.1) is 0 Å².